The van der Waals surface area contributed by atoms with Gasteiger partial charge in [0.1, 0.15) is 5.60 Å². The zero-order chi connectivity index (χ0) is 14.8. The lowest BCUT2D eigenvalue weighted by Crippen LogP contribution is -2.45. The maximum atomic E-state index is 12.5. The van der Waals surface area contributed by atoms with Gasteiger partial charge in [-0.3, -0.25) is 4.79 Å². The highest BCUT2D eigenvalue weighted by Crippen LogP contribution is 2.48. The number of esters is 1. The van der Waals surface area contributed by atoms with Crippen molar-refractivity contribution in [2.24, 2.45) is 11.3 Å². The molecule has 2 atom stereocenters. The molecule has 0 aromatic heterocycles. The van der Waals surface area contributed by atoms with E-state index in [-0.39, 0.29) is 18.5 Å². The van der Waals surface area contributed by atoms with Gasteiger partial charge < -0.3 is 9.84 Å². The number of ether oxygens (including phenoxy) is 1. The molecule has 0 amide bonds. The maximum absolute atomic E-state index is 12.5. The number of carbonyl (C=O) groups is 1. The number of hydrogen-bond acceptors (Lipinski definition) is 3. The summed E-state index contributed by atoms with van der Waals surface area (Å²) in [6, 6.07) is 0. The molecule has 0 aromatic carbocycles. The van der Waals surface area contributed by atoms with Crippen LogP contribution >= 0.6 is 0 Å². The first-order chi connectivity index (χ1) is 9.46. The van der Waals surface area contributed by atoms with Crippen LogP contribution in [0.4, 0.5) is 0 Å². The van der Waals surface area contributed by atoms with E-state index in [2.05, 4.69) is 6.08 Å². The fourth-order valence-corrected chi connectivity index (χ4v) is 3.41. The molecule has 0 radical (unpaired) electrons. The van der Waals surface area contributed by atoms with Gasteiger partial charge in [0, 0.05) is 5.92 Å². The van der Waals surface area contributed by atoms with Gasteiger partial charge in [-0.25, -0.2) is 0 Å². The maximum Gasteiger partial charge on any atom is 0.312 e. The first kappa shape index (κ1) is 15.6. The second kappa shape index (κ2) is 5.88. The number of carbonyl (C=O) groups excluding carboxylic acids is 1. The van der Waals surface area contributed by atoms with Crippen molar-refractivity contribution in [3.8, 4) is 0 Å². The molecule has 0 heterocycles. The van der Waals surface area contributed by atoms with E-state index in [1.165, 1.54) is 5.57 Å². The molecular weight excluding hydrogens is 252 g/mol. The van der Waals surface area contributed by atoms with Crippen LogP contribution in [-0.4, -0.2) is 23.3 Å². The number of aliphatic hydroxyl groups excluding tert-OH is 1. The summed E-state index contributed by atoms with van der Waals surface area (Å²) in [4.78, 5) is 12.5. The molecule has 3 nitrogen and oxygen atoms in total. The monoisotopic (exact) mass is 280 g/mol. The predicted molar refractivity (Wildman–Crippen MR) is 79.3 cm³/mol. The van der Waals surface area contributed by atoms with Crippen LogP contribution in [0.1, 0.15) is 65.7 Å². The summed E-state index contributed by atoms with van der Waals surface area (Å²) in [6.45, 7) is 6.00. The molecule has 0 aliphatic heterocycles. The van der Waals surface area contributed by atoms with Crippen molar-refractivity contribution in [1.29, 1.82) is 0 Å². The molecule has 1 N–H and O–H groups in total. The minimum absolute atomic E-state index is 0.0726. The Kier molecular flexibility index (Phi) is 4.58. The van der Waals surface area contributed by atoms with E-state index in [9.17, 15) is 9.90 Å². The zero-order valence-electron chi connectivity index (χ0n) is 13.1. The second-order valence-corrected chi connectivity index (χ2v) is 6.91. The van der Waals surface area contributed by atoms with E-state index in [1.807, 2.05) is 20.8 Å². The molecule has 0 spiro atoms. The average molecular weight is 280 g/mol. The molecule has 0 saturated heterocycles. The lowest BCUT2D eigenvalue weighted by Gasteiger charge is -2.38. The normalized spacial score (nSPS) is 30.4. The van der Waals surface area contributed by atoms with Gasteiger partial charge in [0.05, 0.1) is 12.0 Å². The number of allylic oxidation sites excluding steroid dienone is 1. The van der Waals surface area contributed by atoms with Gasteiger partial charge in [-0.15, -0.1) is 0 Å². The first-order valence-corrected chi connectivity index (χ1v) is 8.00. The molecule has 2 unspecified atom stereocenters. The molecule has 0 aromatic rings. The Balaban J connectivity index is 2.26. The minimum atomic E-state index is -0.519. The largest absolute Gasteiger partial charge is 0.454 e. The van der Waals surface area contributed by atoms with E-state index in [4.69, 9.17) is 4.74 Å². The standard InChI is InChI=1S/C17H28O3/c1-4-16(2,3)15(19)20-17(13-8-5-6-9-13)11-7-10-14(17)12-18/h8,14,18H,4-7,9-12H2,1-3H3. The van der Waals surface area contributed by atoms with Crippen LogP contribution in [0.3, 0.4) is 0 Å². The molecular formula is C17H28O3. The Morgan fingerprint density at radius 1 is 1.50 bits per heavy atom. The summed E-state index contributed by atoms with van der Waals surface area (Å²) in [5, 5.41) is 9.72. The van der Waals surface area contributed by atoms with Crippen molar-refractivity contribution in [1.82, 2.24) is 0 Å². The number of rotatable bonds is 5. The van der Waals surface area contributed by atoms with Crippen LogP contribution < -0.4 is 0 Å². The number of hydrogen-bond donors (Lipinski definition) is 1. The lowest BCUT2D eigenvalue weighted by atomic mass is 9.82. The van der Waals surface area contributed by atoms with E-state index in [0.717, 1.165) is 44.9 Å². The highest BCUT2D eigenvalue weighted by atomic mass is 16.6. The fourth-order valence-electron chi connectivity index (χ4n) is 3.41. The molecule has 0 bridgehead atoms. The van der Waals surface area contributed by atoms with Crippen molar-refractivity contribution in [2.45, 2.75) is 71.3 Å². The molecule has 2 aliphatic carbocycles. The molecule has 114 valence electrons. The molecule has 1 fully saturated rings. The molecule has 2 aliphatic rings. The Morgan fingerprint density at radius 2 is 2.25 bits per heavy atom. The van der Waals surface area contributed by atoms with E-state index < -0.39 is 11.0 Å². The summed E-state index contributed by atoms with van der Waals surface area (Å²) in [5.41, 5.74) is 0.290. The van der Waals surface area contributed by atoms with Gasteiger partial charge >= 0.3 is 5.97 Å². The summed E-state index contributed by atoms with van der Waals surface area (Å²) in [6.07, 6.45) is 9.08. The van der Waals surface area contributed by atoms with Crippen LogP contribution in [-0.2, 0) is 9.53 Å². The highest BCUT2D eigenvalue weighted by molar-refractivity contribution is 5.76. The third kappa shape index (κ3) is 2.65. The fraction of sp³-hybridized carbons (Fsp3) is 0.824. The van der Waals surface area contributed by atoms with Gasteiger partial charge in [-0.2, -0.15) is 0 Å². The Morgan fingerprint density at radius 3 is 2.80 bits per heavy atom. The Hall–Kier alpha value is -0.830. The van der Waals surface area contributed by atoms with Crippen LogP contribution in [0, 0.1) is 11.3 Å². The van der Waals surface area contributed by atoms with Crippen molar-refractivity contribution in [3.63, 3.8) is 0 Å². The summed E-state index contributed by atoms with van der Waals surface area (Å²) >= 11 is 0. The van der Waals surface area contributed by atoms with Crippen LogP contribution in [0.5, 0.6) is 0 Å². The van der Waals surface area contributed by atoms with Gasteiger partial charge in [0.2, 0.25) is 0 Å². The molecule has 1 saturated carbocycles. The van der Waals surface area contributed by atoms with Gasteiger partial charge in [-0.1, -0.05) is 13.0 Å². The van der Waals surface area contributed by atoms with Crippen molar-refractivity contribution in [2.75, 3.05) is 6.61 Å². The van der Waals surface area contributed by atoms with Gasteiger partial charge in [0.25, 0.3) is 0 Å². The van der Waals surface area contributed by atoms with Gasteiger partial charge in [-0.05, 0) is 64.4 Å². The van der Waals surface area contributed by atoms with Crippen molar-refractivity contribution < 1.29 is 14.6 Å². The first-order valence-electron chi connectivity index (χ1n) is 8.00. The van der Waals surface area contributed by atoms with E-state index >= 15 is 0 Å². The number of aliphatic hydroxyl groups is 1. The summed E-state index contributed by atoms with van der Waals surface area (Å²) < 4.78 is 6.07. The molecule has 3 heteroatoms. The Bertz CT molecular complexity index is 397. The average Bonchev–Trinajstić information content (AvgIpc) is 3.07. The van der Waals surface area contributed by atoms with Gasteiger partial charge in [0.15, 0.2) is 0 Å². The smallest absolute Gasteiger partial charge is 0.312 e. The predicted octanol–water partition coefficient (Wildman–Crippen LogP) is 3.61. The third-order valence-corrected chi connectivity index (χ3v) is 5.28. The van der Waals surface area contributed by atoms with E-state index in [0.29, 0.717) is 0 Å². The SMILES string of the molecule is CCC(C)(C)C(=O)OC1(C2=CCCC2)CCCC1CO. The van der Waals surface area contributed by atoms with E-state index in [1.54, 1.807) is 0 Å². The third-order valence-electron chi connectivity index (χ3n) is 5.28. The Labute approximate surface area is 122 Å². The topological polar surface area (TPSA) is 46.5 Å². The molecule has 20 heavy (non-hydrogen) atoms. The van der Waals surface area contributed by atoms with Crippen molar-refractivity contribution >= 4 is 5.97 Å². The summed E-state index contributed by atoms with van der Waals surface area (Å²) in [7, 11) is 0. The second-order valence-electron chi connectivity index (χ2n) is 6.91. The zero-order valence-corrected chi connectivity index (χ0v) is 13.1. The highest BCUT2D eigenvalue weighted by Gasteiger charge is 2.50. The molecule has 2 rings (SSSR count). The van der Waals surface area contributed by atoms with Crippen LogP contribution in [0.25, 0.3) is 0 Å². The van der Waals surface area contributed by atoms with Crippen LogP contribution in [0.15, 0.2) is 11.6 Å². The van der Waals surface area contributed by atoms with Crippen LogP contribution in [0.2, 0.25) is 0 Å². The quantitative estimate of drug-likeness (QED) is 0.618. The minimum Gasteiger partial charge on any atom is -0.454 e. The summed E-state index contributed by atoms with van der Waals surface area (Å²) in [5.74, 6) is -0.0448. The lowest BCUT2D eigenvalue weighted by molar-refractivity contribution is -0.171. The van der Waals surface area contributed by atoms with Crippen molar-refractivity contribution in [3.05, 3.63) is 11.6 Å².